The maximum atomic E-state index is 10.4. The molecule has 1 aliphatic heterocycles. The Morgan fingerprint density at radius 3 is 2.73 bits per heavy atom. The SMILES string of the molecule is CC(=O)OC(C)C1OC1C=O. The fourth-order valence-electron chi connectivity index (χ4n) is 0.952. The van der Waals surface area contributed by atoms with Crippen molar-refractivity contribution in [3.63, 3.8) is 0 Å². The van der Waals surface area contributed by atoms with Crippen molar-refractivity contribution >= 4 is 12.3 Å². The van der Waals surface area contributed by atoms with Crippen LogP contribution < -0.4 is 0 Å². The number of epoxide rings is 1. The molecule has 0 aromatic heterocycles. The first kappa shape index (κ1) is 8.20. The summed E-state index contributed by atoms with van der Waals surface area (Å²) in [6.07, 6.45) is -0.201. The van der Waals surface area contributed by atoms with Gasteiger partial charge < -0.3 is 14.3 Å². The van der Waals surface area contributed by atoms with E-state index in [0.29, 0.717) is 6.29 Å². The van der Waals surface area contributed by atoms with Crippen LogP contribution in [0.5, 0.6) is 0 Å². The molecule has 0 amide bonds. The molecule has 4 nitrogen and oxygen atoms in total. The van der Waals surface area contributed by atoms with Crippen molar-refractivity contribution < 1.29 is 19.1 Å². The molecule has 0 saturated carbocycles. The van der Waals surface area contributed by atoms with Gasteiger partial charge in [0.1, 0.15) is 18.3 Å². The fourth-order valence-corrected chi connectivity index (χ4v) is 0.952. The highest BCUT2D eigenvalue weighted by Gasteiger charge is 2.44. The van der Waals surface area contributed by atoms with E-state index in [1.54, 1.807) is 6.92 Å². The van der Waals surface area contributed by atoms with E-state index in [9.17, 15) is 9.59 Å². The lowest BCUT2D eigenvalue weighted by Gasteiger charge is -2.06. The van der Waals surface area contributed by atoms with Gasteiger partial charge in [0, 0.05) is 6.92 Å². The Morgan fingerprint density at radius 1 is 1.73 bits per heavy atom. The minimum absolute atomic E-state index is 0.226. The van der Waals surface area contributed by atoms with E-state index in [-0.39, 0.29) is 24.3 Å². The molecule has 0 aromatic rings. The molecular formula is C7H10O4. The zero-order valence-corrected chi connectivity index (χ0v) is 6.44. The Kier molecular flexibility index (Phi) is 2.24. The van der Waals surface area contributed by atoms with E-state index in [0.717, 1.165) is 0 Å². The Bertz CT molecular complexity index is 177. The molecule has 0 aromatic carbocycles. The van der Waals surface area contributed by atoms with E-state index in [2.05, 4.69) is 0 Å². The molecule has 11 heavy (non-hydrogen) atoms. The molecule has 1 fully saturated rings. The van der Waals surface area contributed by atoms with E-state index in [1.165, 1.54) is 6.92 Å². The predicted octanol–water partition coefficient (Wildman–Crippen LogP) is -0.0957. The van der Waals surface area contributed by atoms with Gasteiger partial charge in [-0.2, -0.15) is 0 Å². The van der Waals surface area contributed by atoms with Crippen molar-refractivity contribution in [1.82, 2.24) is 0 Å². The van der Waals surface area contributed by atoms with Gasteiger partial charge in [0.2, 0.25) is 0 Å². The molecule has 3 atom stereocenters. The van der Waals surface area contributed by atoms with E-state index in [4.69, 9.17) is 9.47 Å². The average molecular weight is 158 g/mol. The van der Waals surface area contributed by atoms with Crippen LogP contribution in [0.3, 0.4) is 0 Å². The first-order valence-corrected chi connectivity index (χ1v) is 3.43. The van der Waals surface area contributed by atoms with Gasteiger partial charge >= 0.3 is 5.97 Å². The van der Waals surface area contributed by atoms with Crippen molar-refractivity contribution in [2.24, 2.45) is 0 Å². The zero-order valence-electron chi connectivity index (χ0n) is 6.44. The lowest BCUT2D eigenvalue weighted by Crippen LogP contribution is -2.20. The minimum Gasteiger partial charge on any atom is -0.460 e. The summed E-state index contributed by atoms with van der Waals surface area (Å²) < 4.78 is 9.67. The number of rotatable bonds is 3. The number of carbonyl (C=O) groups is 2. The smallest absolute Gasteiger partial charge is 0.302 e. The third-order valence-corrected chi connectivity index (χ3v) is 1.51. The molecule has 0 bridgehead atoms. The second kappa shape index (κ2) is 3.00. The van der Waals surface area contributed by atoms with Crippen molar-refractivity contribution in [3.8, 4) is 0 Å². The summed E-state index contributed by atoms with van der Waals surface area (Å²) in [6.45, 7) is 3.03. The van der Waals surface area contributed by atoms with Crippen LogP contribution in [0.25, 0.3) is 0 Å². The summed E-state index contributed by atoms with van der Waals surface area (Å²) in [7, 11) is 0. The van der Waals surface area contributed by atoms with Crippen LogP contribution in [0.2, 0.25) is 0 Å². The molecule has 0 N–H and O–H groups in total. The highest BCUT2D eigenvalue weighted by atomic mass is 16.6. The Hall–Kier alpha value is -0.900. The summed E-state index contributed by atoms with van der Waals surface area (Å²) in [5.41, 5.74) is 0. The van der Waals surface area contributed by atoms with Crippen molar-refractivity contribution in [3.05, 3.63) is 0 Å². The van der Waals surface area contributed by atoms with Crippen LogP contribution in [-0.2, 0) is 19.1 Å². The van der Waals surface area contributed by atoms with Crippen molar-refractivity contribution in [2.45, 2.75) is 32.2 Å². The molecule has 1 aliphatic rings. The van der Waals surface area contributed by atoms with E-state index in [1.807, 2.05) is 0 Å². The fraction of sp³-hybridized carbons (Fsp3) is 0.714. The maximum Gasteiger partial charge on any atom is 0.302 e. The largest absolute Gasteiger partial charge is 0.460 e. The Balaban J connectivity index is 2.27. The van der Waals surface area contributed by atoms with Crippen LogP contribution in [0.1, 0.15) is 13.8 Å². The molecule has 1 heterocycles. The normalized spacial score (nSPS) is 30.7. The maximum absolute atomic E-state index is 10.4. The molecule has 4 heteroatoms. The van der Waals surface area contributed by atoms with Crippen LogP contribution in [-0.4, -0.2) is 30.6 Å². The summed E-state index contributed by atoms with van der Waals surface area (Å²) in [4.78, 5) is 20.5. The molecular weight excluding hydrogens is 148 g/mol. The highest BCUT2D eigenvalue weighted by Crippen LogP contribution is 2.24. The van der Waals surface area contributed by atoms with Gasteiger partial charge in [0.25, 0.3) is 0 Å². The van der Waals surface area contributed by atoms with Crippen LogP contribution in [0.4, 0.5) is 0 Å². The third kappa shape index (κ3) is 2.01. The lowest BCUT2D eigenvalue weighted by atomic mass is 10.2. The van der Waals surface area contributed by atoms with Gasteiger partial charge in [-0.15, -0.1) is 0 Å². The molecule has 0 radical (unpaired) electrons. The van der Waals surface area contributed by atoms with Gasteiger partial charge in [-0.05, 0) is 6.92 Å². The first-order valence-electron chi connectivity index (χ1n) is 3.43. The molecule has 3 unspecified atom stereocenters. The van der Waals surface area contributed by atoms with E-state index < -0.39 is 0 Å². The predicted molar refractivity (Wildman–Crippen MR) is 36.0 cm³/mol. The Labute approximate surface area is 64.5 Å². The average Bonchev–Trinajstić information content (AvgIpc) is 2.63. The van der Waals surface area contributed by atoms with Crippen LogP contribution in [0, 0.1) is 0 Å². The summed E-state index contributed by atoms with van der Waals surface area (Å²) in [6, 6.07) is 0. The summed E-state index contributed by atoms with van der Waals surface area (Å²) in [5, 5.41) is 0. The van der Waals surface area contributed by atoms with Crippen molar-refractivity contribution in [2.75, 3.05) is 0 Å². The number of aldehydes is 1. The highest BCUT2D eigenvalue weighted by molar-refractivity contribution is 5.66. The molecule has 1 rings (SSSR count). The number of carbonyl (C=O) groups excluding carboxylic acids is 2. The molecule has 0 spiro atoms. The van der Waals surface area contributed by atoms with Crippen LogP contribution in [0.15, 0.2) is 0 Å². The minimum atomic E-state index is -0.371. The van der Waals surface area contributed by atoms with Gasteiger partial charge in [0.15, 0.2) is 6.29 Å². The zero-order chi connectivity index (χ0) is 8.43. The monoisotopic (exact) mass is 158 g/mol. The lowest BCUT2D eigenvalue weighted by molar-refractivity contribution is -0.146. The quantitative estimate of drug-likeness (QED) is 0.327. The third-order valence-electron chi connectivity index (χ3n) is 1.51. The van der Waals surface area contributed by atoms with E-state index >= 15 is 0 Å². The molecule has 0 aliphatic carbocycles. The van der Waals surface area contributed by atoms with Gasteiger partial charge in [-0.25, -0.2) is 0 Å². The number of hydrogen-bond donors (Lipinski definition) is 0. The molecule has 62 valence electrons. The van der Waals surface area contributed by atoms with Crippen LogP contribution >= 0.6 is 0 Å². The second-order valence-corrected chi connectivity index (χ2v) is 2.52. The van der Waals surface area contributed by atoms with Gasteiger partial charge in [-0.1, -0.05) is 0 Å². The Morgan fingerprint density at radius 2 is 2.36 bits per heavy atom. The number of hydrogen-bond acceptors (Lipinski definition) is 4. The second-order valence-electron chi connectivity index (χ2n) is 2.52. The standard InChI is InChI=1S/C7H10O4/c1-4(10-5(2)9)7-6(3-8)11-7/h3-4,6-7H,1-2H3. The number of ether oxygens (including phenoxy) is 2. The van der Waals surface area contributed by atoms with Gasteiger partial charge in [-0.3, -0.25) is 4.79 Å². The van der Waals surface area contributed by atoms with Gasteiger partial charge in [0.05, 0.1) is 0 Å². The van der Waals surface area contributed by atoms with Crippen molar-refractivity contribution in [1.29, 1.82) is 0 Å². The number of esters is 1. The first-order chi connectivity index (χ1) is 5.15. The summed E-state index contributed by atoms with van der Waals surface area (Å²) in [5.74, 6) is -0.349. The molecule has 1 saturated heterocycles. The topological polar surface area (TPSA) is 55.9 Å². The summed E-state index contributed by atoms with van der Waals surface area (Å²) >= 11 is 0.